The Labute approximate surface area is 157 Å². The third-order valence-electron chi connectivity index (χ3n) is 4.82. The lowest BCUT2D eigenvalue weighted by Gasteiger charge is -2.32. The molecule has 2 aromatic carbocycles. The molecule has 0 amide bonds. The summed E-state index contributed by atoms with van der Waals surface area (Å²) >= 11 is 0. The first kappa shape index (κ1) is 17.9. The number of anilines is 1. The lowest BCUT2D eigenvalue weighted by molar-refractivity contribution is 0.154. The molecule has 0 radical (unpaired) electrons. The van der Waals surface area contributed by atoms with Gasteiger partial charge in [0.25, 0.3) is 0 Å². The van der Waals surface area contributed by atoms with E-state index in [2.05, 4.69) is 9.88 Å². The number of nitrogens with zero attached hydrogens (tertiary/aromatic N) is 2. The molecule has 1 aliphatic heterocycles. The quantitative estimate of drug-likeness (QED) is 0.749. The average Bonchev–Trinajstić information content (AvgIpc) is 2.67. The second-order valence-electron chi connectivity index (χ2n) is 6.72. The molecule has 7 heteroatoms. The topological polar surface area (TPSA) is 70.5 Å². The van der Waals surface area contributed by atoms with Crippen LogP contribution in [-0.2, 0) is 9.84 Å². The van der Waals surface area contributed by atoms with Gasteiger partial charge in [-0.2, -0.15) is 0 Å². The number of piperidine rings is 1. The van der Waals surface area contributed by atoms with Gasteiger partial charge >= 0.3 is 0 Å². The zero-order valence-corrected chi connectivity index (χ0v) is 15.4. The number of benzene rings is 2. The summed E-state index contributed by atoms with van der Waals surface area (Å²) in [4.78, 5) is 6.40. The monoisotopic (exact) mass is 386 g/mol. The highest BCUT2D eigenvalue weighted by Crippen LogP contribution is 2.30. The molecule has 0 aliphatic carbocycles. The summed E-state index contributed by atoms with van der Waals surface area (Å²) in [6.07, 6.45) is 2.61. The fourth-order valence-corrected chi connectivity index (χ4v) is 4.74. The molecule has 4 rings (SSSR count). The number of aromatic nitrogens is 1. The van der Waals surface area contributed by atoms with Crippen LogP contribution in [0.5, 0.6) is 0 Å². The van der Waals surface area contributed by atoms with Crippen LogP contribution >= 0.6 is 0 Å². The van der Waals surface area contributed by atoms with E-state index in [1.807, 2.05) is 12.1 Å². The number of para-hydroxylation sites is 1. The molecule has 1 fully saturated rings. The Hall–Kier alpha value is -2.51. The van der Waals surface area contributed by atoms with Crippen molar-refractivity contribution in [2.75, 3.05) is 18.0 Å². The second kappa shape index (κ2) is 6.90. The molecular weight excluding hydrogens is 367 g/mol. The van der Waals surface area contributed by atoms with Gasteiger partial charge in [-0.15, -0.1) is 0 Å². The fourth-order valence-electron chi connectivity index (χ4n) is 3.47. The van der Waals surface area contributed by atoms with Crippen LogP contribution in [0.3, 0.4) is 0 Å². The highest BCUT2D eigenvalue weighted by molar-refractivity contribution is 7.91. The Bertz CT molecular complexity index is 1100. The molecule has 27 heavy (non-hydrogen) atoms. The van der Waals surface area contributed by atoms with E-state index in [-0.39, 0.29) is 15.9 Å². The zero-order chi connectivity index (χ0) is 19.0. The molecule has 3 aromatic rings. The minimum absolute atomic E-state index is 0.0245. The predicted octanol–water partition coefficient (Wildman–Crippen LogP) is 3.17. The standard InChI is InChI=1S/C20H19FN2O3S/c21-15-5-2-7-17(11-15)27(25,26)18-10-14-4-1-8-19(20(14)22-12-18)23-9-3-6-16(24)13-23/h1-2,4-5,7-8,10-12,16,24H,3,6,9,13H2/t16-/m1/s1. The van der Waals surface area contributed by atoms with Crippen molar-refractivity contribution in [2.24, 2.45) is 0 Å². The van der Waals surface area contributed by atoms with Gasteiger partial charge in [0, 0.05) is 24.7 Å². The van der Waals surface area contributed by atoms with Crippen LogP contribution in [0.4, 0.5) is 10.1 Å². The highest BCUT2D eigenvalue weighted by atomic mass is 32.2. The van der Waals surface area contributed by atoms with Gasteiger partial charge in [0.2, 0.25) is 9.84 Å². The Morgan fingerprint density at radius 1 is 1.11 bits per heavy atom. The van der Waals surface area contributed by atoms with E-state index in [1.165, 1.54) is 24.4 Å². The molecule has 140 valence electrons. The first-order chi connectivity index (χ1) is 12.9. The van der Waals surface area contributed by atoms with Gasteiger partial charge in [-0.05, 0) is 43.2 Å². The number of fused-ring (bicyclic) bond motifs is 1. The van der Waals surface area contributed by atoms with Gasteiger partial charge in [-0.1, -0.05) is 18.2 Å². The van der Waals surface area contributed by atoms with Crippen molar-refractivity contribution in [3.05, 3.63) is 60.5 Å². The van der Waals surface area contributed by atoms with E-state index in [0.717, 1.165) is 31.1 Å². The van der Waals surface area contributed by atoms with Crippen molar-refractivity contribution in [2.45, 2.75) is 28.7 Å². The maximum absolute atomic E-state index is 13.5. The van der Waals surface area contributed by atoms with Crippen LogP contribution in [0.2, 0.25) is 0 Å². The SMILES string of the molecule is O=S(=O)(c1cccc(F)c1)c1cnc2c(N3CCC[C@@H](O)C3)cccc2c1. The minimum Gasteiger partial charge on any atom is -0.391 e. The summed E-state index contributed by atoms with van der Waals surface area (Å²) in [6, 6.07) is 12.1. The normalized spacial score (nSPS) is 18.0. The maximum atomic E-state index is 13.5. The van der Waals surface area contributed by atoms with Crippen molar-refractivity contribution in [1.29, 1.82) is 0 Å². The molecule has 0 saturated carbocycles. The van der Waals surface area contributed by atoms with E-state index in [9.17, 15) is 17.9 Å². The number of hydrogen-bond acceptors (Lipinski definition) is 5. The first-order valence-corrected chi connectivity index (χ1v) is 10.3. The summed E-state index contributed by atoms with van der Waals surface area (Å²) in [5.41, 5.74) is 1.56. The third kappa shape index (κ3) is 3.40. The van der Waals surface area contributed by atoms with Gasteiger partial charge in [0.1, 0.15) is 5.82 Å². The number of hydrogen-bond donors (Lipinski definition) is 1. The summed E-state index contributed by atoms with van der Waals surface area (Å²) in [5.74, 6) is -0.601. The smallest absolute Gasteiger partial charge is 0.208 e. The van der Waals surface area contributed by atoms with Gasteiger partial charge in [-0.25, -0.2) is 12.8 Å². The van der Waals surface area contributed by atoms with Crippen LogP contribution in [0.1, 0.15) is 12.8 Å². The second-order valence-corrected chi connectivity index (χ2v) is 8.67. The van der Waals surface area contributed by atoms with Gasteiger partial charge in [-0.3, -0.25) is 4.98 Å². The molecule has 2 heterocycles. The van der Waals surface area contributed by atoms with Gasteiger partial charge in [0.05, 0.1) is 27.1 Å². The lowest BCUT2D eigenvalue weighted by atomic mass is 10.1. The first-order valence-electron chi connectivity index (χ1n) is 8.77. The molecule has 1 saturated heterocycles. The van der Waals surface area contributed by atoms with E-state index in [1.54, 1.807) is 12.1 Å². The number of β-amino-alcohol motifs (C(OH)–C–C–N with tert-alkyl or cyclic N) is 1. The molecule has 1 atom stereocenters. The minimum atomic E-state index is -3.86. The van der Waals surface area contributed by atoms with Crippen LogP contribution in [-0.4, -0.2) is 37.7 Å². The Kier molecular flexibility index (Phi) is 4.57. The summed E-state index contributed by atoms with van der Waals surface area (Å²) < 4.78 is 39.1. The fraction of sp³-hybridized carbons (Fsp3) is 0.250. The number of pyridine rings is 1. The van der Waals surface area contributed by atoms with Crippen LogP contribution in [0, 0.1) is 5.82 Å². The summed E-state index contributed by atoms with van der Waals surface area (Å²) in [7, 11) is -3.86. The summed E-state index contributed by atoms with van der Waals surface area (Å²) in [6.45, 7) is 1.35. The average molecular weight is 386 g/mol. The van der Waals surface area contributed by atoms with Crippen molar-refractivity contribution >= 4 is 26.4 Å². The van der Waals surface area contributed by atoms with Gasteiger partial charge in [0.15, 0.2) is 0 Å². The van der Waals surface area contributed by atoms with Crippen LogP contribution < -0.4 is 4.90 Å². The van der Waals surface area contributed by atoms with E-state index in [4.69, 9.17) is 0 Å². The van der Waals surface area contributed by atoms with Crippen molar-refractivity contribution in [3.63, 3.8) is 0 Å². The Morgan fingerprint density at radius 2 is 1.93 bits per heavy atom. The number of halogens is 1. The van der Waals surface area contributed by atoms with Crippen molar-refractivity contribution < 1.29 is 17.9 Å². The largest absolute Gasteiger partial charge is 0.391 e. The summed E-state index contributed by atoms with van der Waals surface area (Å²) in [5, 5.41) is 10.6. The molecular formula is C20H19FN2O3S. The number of aliphatic hydroxyl groups is 1. The van der Waals surface area contributed by atoms with E-state index < -0.39 is 15.7 Å². The van der Waals surface area contributed by atoms with Gasteiger partial charge < -0.3 is 10.0 Å². The molecule has 1 aliphatic rings. The number of sulfone groups is 1. The molecule has 1 aromatic heterocycles. The number of rotatable bonds is 3. The predicted molar refractivity (Wildman–Crippen MR) is 101 cm³/mol. The molecule has 1 N–H and O–H groups in total. The number of aliphatic hydroxyl groups excluding tert-OH is 1. The van der Waals surface area contributed by atoms with Crippen LogP contribution in [0.15, 0.2) is 64.5 Å². The van der Waals surface area contributed by atoms with E-state index >= 15 is 0 Å². The zero-order valence-electron chi connectivity index (χ0n) is 14.5. The molecule has 0 unspecified atom stereocenters. The van der Waals surface area contributed by atoms with Crippen molar-refractivity contribution in [3.8, 4) is 0 Å². The van der Waals surface area contributed by atoms with E-state index in [0.29, 0.717) is 17.4 Å². The maximum Gasteiger partial charge on any atom is 0.208 e. The third-order valence-corrected chi connectivity index (χ3v) is 6.54. The van der Waals surface area contributed by atoms with Crippen molar-refractivity contribution in [1.82, 2.24) is 4.98 Å². The lowest BCUT2D eigenvalue weighted by Crippen LogP contribution is -2.38. The Balaban J connectivity index is 1.77. The highest BCUT2D eigenvalue weighted by Gasteiger charge is 2.22. The van der Waals surface area contributed by atoms with Crippen LogP contribution in [0.25, 0.3) is 10.9 Å². The molecule has 0 spiro atoms. The molecule has 5 nitrogen and oxygen atoms in total. The molecule has 0 bridgehead atoms. The Morgan fingerprint density at radius 3 is 2.70 bits per heavy atom.